The molecule has 1 aliphatic rings. The van der Waals surface area contributed by atoms with E-state index in [1.807, 2.05) is 0 Å². The van der Waals surface area contributed by atoms with Crippen LogP contribution in [0.4, 0.5) is 11.8 Å². The standard InChI is InChI=1S/C25H24N8O4/c1-5-21(34)20-10-16(12-32(20)25-30-29-14(2)37-25)33-24-22(23(26)27-13-28-24)19(31-33)7-6-15-8-17(35-3)11-18(9-15)36-4/h5,8-9,11,13,16,20H,1,10,12H2,2-4H3,(H2,26,27,28)/t16-,20-/m0/s1. The van der Waals surface area contributed by atoms with Crippen molar-refractivity contribution in [2.75, 3.05) is 31.4 Å². The quantitative estimate of drug-likeness (QED) is 0.306. The van der Waals surface area contributed by atoms with Crippen molar-refractivity contribution in [1.29, 1.82) is 0 Å². The van der Waals surface area contributed by atoms with E-state index in [0.717, 1.165) is 0 Å². The highest BCUT2D eigenvalue weighted by Crippen LogP contribution is 2.34. The summed E-state index contributed by atoms with van der Waals surface area (Å²) < 4.78 is 18.0. The lowest BCUT2D eigenvalue weighted by Crippen LogP contribution is -2.35. The van der Waals surface area contributed by atoms with Crippen molar-refractivity contribution in [2.45, 2.75) is 25.4 Å². The monoisotopic (exact) mass is 500 g/mol. The molecule has 188 valence electrons. The first-order valence-corrected chi connectivity index (χ1v) is 11.4. The van der Waals surface area contributed by atoms with Crippen LogP contribution >= 0.6 is 0 Å². The largest absolute Gasteiger partial charge is 0.497 e. The van der Waals surface area contributed by atoms with Gasteiger partial charge in [-0.15, -0.1) is 5.10 Å². The molecule has 0 bridgehead atoms. The Morgan fingerprint density at radius 1 is 1.19 bits per heavy atom. The van der Waals surface area contributed by atoms with Gasteiger partial charge in [0, 0.05) is 25.1 Å². The zero-order chi connectivity index (χ0) is 26.1. The first-order valence-electron chi connectivity index (χ1n) is 11.4. The number of nitrogens with two attached hydrogens (primary N) is 1. The van der Waals surface area contributed by atoms with Gasteiger partial charge in [0.1, 0.15) is 29.3 Å². The molecule has 0 amide bonds. The normalized spacial score (nSPS) is 16.9. The molecule has 0 aliphatic carbocycles. The molecule has 0 unspecified atom stereocenters. The summed E-state index contributed by atoms with van der Waals surface area (Å²) in [6.07, 6.45) is 3.09. The predicted octanol–water partition coefficient (Wildman–Crippen LogP) is 2.09. The number of methoxy groups -OCH3 is 2. The Bertz CT molecular complexity index is 1540. The highest BCUT2D eigenvalue weighted by atomic mass is 16.5. The molecule has 0 radical (unpaired) electrons. The Hall–Kier alpha value is -4.92. The Balaban J connectivity index is 1.56. The number of benzene rings is 1. The van der Waals surface area contributed by atoms with E-state index in [1.54, 1.807) is 48.9 Å². The first-order chi connectivity index (χ1) is 17.9. The van der Waals surface area contributed by atoms with Gasteiger partial charge < -0.3 is 24.5 Å². The zero-order valence-electron chi connectivity index (χ0n) is 20.5. The fourth-order valence-corrected chi connectivity index (χ4v) is 4.36. The number of ether oxygens (including phenoxy) is 2. The van der Waals surface area contributed by atoms with E-state index < -0.39 is 6.04 Å². The fraction of sp³-hybridized carbons (Fsp3) is 0.280. The molecule has 4 aromatic rings. The molecular formula is C25H24N8O4. The summed E-state index contributed by atoms with van der Waals surface area (Å²) >= 11 is 0. The number of hydrogen-bond donors (Lipinski definition) is 1. The first kappa shape index (κ1) is 23.8. The van der Waals surface area contributed by atoms with Gasteiger partial charge in [-0.2, -0.15) is 5.10 Å². The van der Waals surface area contributed by atoms with Crippen LogP contribution in [0.3, 0.4) is 0 Å². The van der Waals surface area contributed by atoms with Crippen LogP contribution in [0, 0.1) is 18.8 Å². The van der Waals surface area contributed by atoms with E-state index in [1.165, 1.54) is 12.4 Å². The van der Waals surface area contributed by atoms with Crippen molar-refractivity contribution in [2.24, 2.45) is 0 Å². The lowest BCUT2D eigenvalue weighted by molar-refractivity contribution is -0.115. The molecule has 12 nitrogen and oxygen atoms in total. The second kappa shape index (κ2) is 9.62. The van der Waals surface area contributed by atoms with E-state index in [9.17, 15) is 4.79 Å². The third-order valence-corrected chi connectivity index (χ3v) is 6.11. The molecule has 1 saturated heterocycles. The topological polar surface area (TPSA) is 147 Å². The SMILES string of the molecule is C=CC(=O)[C@@H]1C[C@H](n2nc(C#Cc3cc(OC)cc(OC)c3)c3c(N)ncnc32)CN1c1nnc(C)o1. The van der Waals surface area contributed by atoms with E-state index in [-0.39, 0.29) is 23.7 Å². The van der Waals surface area contributed by atoms with Gasteiger partial charge in [-0.25, -0.2) is 14.6 Å². The Kier molecular flexibility index (Phi) is 6.19. The van der Waals surface area contributed by atoms with E-state index in [2.05, 4.69) is 38.6 Å². The van der Waals surface area contributed by atoms with Crippen LogP contribution in [0.15, 0.2) is 41.6 Å². The number of ketones is 1. The molecule has 12 heteroatoms. The maximum Gasteiger partial charge on any atom is 0.318 e. The highest BCUT2D eigenvalue weighted by Gasteiger charge is 2.40. The van der Waals surface area contributed by atoms with Gasteiger partial charge >= 0.3 is 6.01 Å². The maximum absolute atomic E-state index is 12.7. The third kappa shape index (κ3) is 4.42. The Morgan fingerprint density at radius 3 is 2.59 bits per heavy atom. The number of rotatable bonds is 6. The van der Waals surface area contributed by atoms with Gasteiger partial charge in [0.25, 0.3) is 0 Å². The molecule has 2 N–H and O–H groups in total. The number of carbonyl (C=O) groups excluding carboxylic acids is 1. The Morgan fingerprint density at radius 2 is 1.95 bits per heavy atom. The molecule has 0 spiro atoms. The van der Waals surface area contributed by atoms with Gasteiger partial charge in [0.05, 0.1) is 31.7 Å². The average molecular weight is 501 g/mol. The summed E-state index contributed by atoms with van der Waals surface area (Å²) in [6.45, 7) is 5.72. The van der Waals surface area contributed by atoms with Gasteiger partial charge in [0.2, 0.25) is 5.89 Å². The van der Waals surface area contributed by atoms with Crippen LogP contribution in [-0.4, -0.2) is 62.5 Å². The van der Waals surface area contributed by atoms with Gasteiger partial charge in [0.15, 0.2) is 11.4 Å². The molecule has 4 heterocycles. The Labute approximate surface area is 212 Å². The molecule has 5 rings (SSSR count). The fourth-order valence-electron chi connectivity index (χ4n) is 4.36. The minimum Gasteiger partial charge on any atom is -0.497 e. The number of fused-ring (bicyclic) bond motifs is 1. The third-order valence-electron chi connectivity index (χ3n) is 6.11. The predicted molar refractivity (Wildman–Crippen MR) is 134 cm³/mol. The smallest absolute Gasteiger partial charge is 0.318 e. The van der Waals surface area contributed by atoms with Gasteiger partial charge in [-0.3, -0.25) is 4.79 Å². The van der Waals surface area contributed by atoms with Crippen molar-refractivity contribution in [1.82, 2.24) is 29.9 Å². The molecule has 2 atom stereocenters. The lowest BCUT2D eigenvalue weighted by atomic mass is 10.1. The number of carbonyl (C=O) groups is 1. The van der Waals surface area contributed by atoms with Crippen LogP contribution in [0.1, 0.15) is 29.6 Å². The molecular weight excluding hydrogens is 476 g/mol. The van der Waals surface area contributed by atoms with E-state index >= 15 is 0 Å². The van der Waals surface area contributed by atoms with Crippen molar-refractivity contribution in [3.63, 3.8) is 0 Å². The van der Waals surface area contributed by atoms with E-state index in [4.69, 9.17) is 24.7 Å². The zero-order valence-corrected chi connectivity index (χ0v) is 20.5. The summed E-state index contributed by atoms with van der Waals surface area (Å²) in [7, 11) is 3.15. The van der Waals surface area contributed by atoms with Crippen LogP contribution in [0.2, 0.25) is 0 Å². The summed E-state index contributed by atoms with van der Waals surface area (Å²) in [6, 6.07) is 4.81. The molecule has 37 heavy (non-hydrogen) atoms. The van der Waals surface area contributed by atoms with Gasteiger partial charge in [-0.05, 0) is 30.6 Å². The lowest BCUT2D eigenvalue weighted by Gasteiger charge is -2.19. The number of hydrogen-bond acceptors (Lipinski definition) is 11. The summed E-state index contributed by atoms with van der Waals surface area (Å²) in [5, 5.41) is 13.3. The molecule has 1 fully saturated rings. The van der Waals surface area contributed by atoms with Crippen molar-refractivity contribution < 1.29 is 18.7 Å². The number of nitrogen functional groups attached to an aromatic ring is 1. The minimum absolute atomic E-state index is 0.157. The van der Waals surface area contributed by atoms with E-state index in [0.29, 0.717) is 52.6 Å². The van der Waals surface area contributed by atoms with Crippen molar-refractivity contribution in [3.05, 3.63) is 54.3 Å². The van der Waals surface area contributed by atoms with Crippen molar-refractivity contribution in [3.8, 4) is 23.3 Å². The number of nitrogens with zero attached hydrogens (tertiary/aromatic N) is 7. The number of aromatic nitrogens is 6. The van der Waals surface area contributed by atoms with Crippen LogP contribution < -0.4 is 20.1 Å². The second-order valence-corrected chi connectivity index (χ2v) is 8.37. The molecule has 3 aromatic heterocycles. The molecule has 1 aliphatic heterocycles. The average Bonchev–Trinajstić information content (AvgIpc) is 3.63. The van der Waals surface area contributed by atoms with Crippen LogP contribution in [0.5, 0.6) is 11.5 Å². The van der Waals surface area contributed by atoms with Gasteiger partial charge in [-0.1, -0.05) is 17.6 Å². The second-order valence-electron chi connectivity index (χ2n) is 8.37. The summed E-state index contributed by atoms with van der Waals surface area (Å²) in [4.78, 5) is 23.0. The van der Waals surface area contributed by atoms with Crippen molar-refractivity contribution >= 4 is 28.6 Å². The number of anilines is 2. The number of aryl methyl sites for hydroxylation is 1. The summed E-state index contributed by atoms with van der Waals surface area (Å²) in [5.74, 6) is 7.92. The molecule has 0 saturated carbocycles. The molecule has 1 aromatic carbocycles. The highest BCUT2D eigenvalue weighted by molar-refractivity contribution is 5.96. The summed E-state index contributed by atoms with van der Waals surface area (Å²) in [5.41, 5.74) is 7.82. The van der Waals surface area contributed by atoms with Crippen LogP contribution in [0.25, 0.3) is 11.0 Å². The minimum atomic E-state index is -0.542. The maximum atomic E-state index is 12.7. The van der Waals surface area contributed by atoms with Crippen LogP contribution in [-0.2, 0) is 4.79 Å².